The van der Waals surface area contributed by atoms with Gasteiger partial charge in [-0.05, 0) is 24.6 Å². The first-order chi connectivity index (χ1) is 10.5. The molecule has 0 aliphatic carbocycles. The first kappa shape index (κ1) is 13.9. The molecule has 1 aromatic carbocycles. The van der Waals surface area contributed by atoms with Crippen LogP contribution < -0.4 is 4.74 Å². The van der Waals surface area contributed by atoms with Gasteiger partial charge in [0.25, 0.3) is 5.69 Å². The number of hydrogen-bond donors (Lipinski definition) is 0. The Morgan fingerprint density at radius 1 is 1.18 bits per heavy atom. The minimum Gasteiger partial charge on any atom is -0.452 e. The van der Waals surface area contributed by atoms with Gasteiger partial charge in [0.1, 0.15) is 5.52 Å². The summed E-state index contributed by atoms with van der Waals surface area (Å²) in [5, 5.41) is 10.6. The van der Waals surface area contributed by atoms with E-state index in [1.165, 1.54) is 18.3 Å². The minimum absolute atomic E-state index is 0.111. The maximum absolute atomic E-state index is 13.9. The van der Waals surface area contributed by atoms with Gasteiger partial charge in [-0.2, -0.15) is 0 Å². The van der Waals surface area contributed by atoms with Gasteiger partial charge >= 0.3 is 0 Å². The van der Waals surface area contributed by atoms with Crippen molar-refractivity contribution in [1.29, 1.82) is 0 Å². The number of rotatable bonds is 3. The Balaban J connectivity index is 2.02. The van der Waals surface area contributed by atoms with Gasteiger partial charge in [-0.1, -0.05) is 0 Å². The third-order valence-electron chi connectivity index (χ3n) is 3.02. The fraction of sp³-hybridized carbons (Fsp3) is 0.0667. The van der Waals surface area contributed by atoms with E-state index in [1.54, 1.807) is 12.3 Å². The molecule has 0 unspecified atom stereocenters. The van der Waals surface area contributed by atoms with E-state index in [9.17, 15) is 14.5 Å². The predicted molar refractivity (Wildman–Crippen MR) is 77.4 cm³/mol. The van der Waals surface area contributed by atoms with Crippen molar-refractivity contribution in [1.82, 2.24) is 9.97 Å². The number of pyridine rings is 2. The standard InChI is InChI=1S/C15H10FN3O3/c1-9-6-12-15(18-8-9)14(4-5-17-12)22-13-3-2-10(19(20)21)7-11(13)16/h2-8H,1H3. The maximum atomic E-state index is 13.9. The highest BCUT2D eigenvalue weighted by molar-refractivity contribution is 5.81. The highest BCUT2D eigenvalue weighted by atomic mass is 19.1. The summed E-state index contributed by atoms with van der Waals surface area (Å²) in [6, 6.07) is 6.61. The summed E-state index contributed by atoms with van der Waals surface area (Å²) in [5.74, 6) is -0.593. The summed E-state index contributed by atoms with van der Waals surface area (Å²) in [5.41, 5.74) is 1.72. The second-order valence-corrected chi connectivity index (χ2v) is 4.66. The van der Waals surface area contributed by atoms with Crippen LogP contribution in [0, 0.1) is 22.9 Å². The van der Waals surface area contributed by atoms with E-state index in [0.29, 0.717) is 16.8 Å². The molecule has 0 amide bonds. The Morgan fingerprint density at radius 2 is 2.00 bits per heavy atom. The lowest BCUT2D eigenvalue weighted by Crippen LogP contribution is -1.94. The van der Waals surface area contributed by atoms with Gasteiger partial charge in [-0.3, -0.25) is 20.1 Å². The number of non-ortho nitro benzene ring substituents is 1. The molecule has 3 aromatic rings. The minimum atomic E-state index is -0.814. The number of nitro groups is 1. The lowest BCUT2D eigenvalue weighted by molar-refractivity contribution is -0.385. The lowest BCUT2D eigenvalue weighted by Gasteiger charge is -2.08. The van der Waals surface area contributed by atoms with Crippen LogP contribution in [0.4, 0.5) is 10.1 Å². The third kappa shape index (κ3) is 2.56. The van der Waals surface area contributed by atoms with Gasteiger partial charge in [-0.15, -0.1) is 0 Å². The lowest BCUT2D eigenvalue weighted by atomic mass is 10.2. The smallest absolute Gasteiger partial charge is 0.272 e. The summed E-state index contributed by atoms with van der Waals surface area (Å²) in [7, 11) is 0. The molecule has 0 radical (unpaired) electrons. The number of ether oxygens (including phenoxy) is 1. The van der Waals surface area contributed by atoms with Crippen molar-refractivity contribution in [2.75, 3.05) is 0 Å². The van der Waals surface area contributed by atoms with Crippen LogP contribution in [0.25, 0.3) is 11.0 Å². The molecular weight excluding hydrogens is 289 g/mol. The zero-order chi connectivity index (χ0) is 15.7. The summed E-state index contributed by atoms with van der Waals surface area (Å²) >= 11 is 0. The fourth-order valence-electron chi connectivity index (χ4n) is 1.99. The van der Waals surface area contributed by atoms with Crippen LogP contribution in [0.1, 0.15) is 5.56 Å². The van der Waals surface area contributed by atoms with E-state index in [1.807, 2.05) is 13.0 Å². The largest absolute Gasteiger partial charge is 0.452 e. The Bertz CT molecular complexity index is 883. The Morgan fingerprint density at radius 3 is 2.73 bits per heavy atom. The van der Waals surface area contributed by atoms with Crippen molar-refractivity contribution >= 4 is 16.7 Å². The first-order valence-electron chi connectivity index (χ1n) is 6.38. The number of nitrogens with zero attached hydrogens (tertiary/aromatic N) is 3. The van der Waals surface area contributed by atoms with Crippen LogP contribution in [-0.2, 0) is 0 Å². The summed E-state index contributed by atoms with van der Waals surface area (Å²) < 4.78 is 19.4. The van der Waals surface area contributed by atoms with Gasteiger partial charge < -0.3 is 4.74 Å². The SMILES string of the molecule is Cc1cnc2c(Oc3ccc([N+](=O)[O-])cc3F)ccnc2c1. The fourth-order valence-corrected chi connectivity index (χ4v) is 1.99. The normalized spacial score (nSPS) is 10.6. The van der Waals surface area contributed by atoms with Crippen LogP contribution in [0.3, 0.4) is 0 Å². The van der Waals surface area contributed by atoms with Crippen molar-refractivity contribution in [2.24, 2.45) is 0 Å². The zero-order valence-corrected chi connectivity index (χ0v) is 11.5. The average Bonchev–Trinajstić information content (AvgIpc) is 2.49. The molecule has 0 spiro atoms. The van der Waals surface area contributed by atoms with Crippen molar-refractivity contribution in [2.45, 2.75) is 6.92 Å². The molecule has 6 nitrogen and oxygen atoms in total. The number of aryl methyl sites for hydroxylation is 1. The van der Waals surface area contributed by atoms with Crippen molar-refractivity contribution in [3.8, 4) is 11.5 Å². The van der Waals surface area contributed by atoms with Crippen molar-refractivity contribution < 1.29 is 14.1 Å². The van der Waals surface area contributed by atoms with Crippen LogP contribution in [-0.4, -0.2) is 14.9 Å². The van der Waals surface area contributed by atoms with Gasteiger partial charge in [0.2, 0.25) is 0 Å². The Labute approximate surface area is 124 Å². The van der Waals surface area contributed by atoms with E-state index < -0.39 is 10.7 Å². The van der Waals surface area contributed by atoms with E-state index in [2.05, 4.69) is 9.97 Å². The molecule has 0 aliphatic heterocycles. The quantitative estimate of drug-likeness (QED) is 0.543. The molecule has 0 fully saturated rings. The van der Waals surface area contributed by atoms with Crippen molar-refractivity contribution in [3.63, 3.8) is 0 Å². The van der Waals surface area contributed by atoms with E-state index in [-0.39, 0.29) is 11.4 Å². The number of nitro benzene ring substituents is 1. The van der Waals surface area contributed by atoms with Crippen molar-refractivity contribution in [3.05, 3.63) is 64.2 Å². The number of benzene rings is 1. The highest BCUT2D eigenvalue weighted by Gasteiger charge is 2.14. The molecule has 0 N–H and O–H groups in total. The third-order valence-corrected chi connectivity index (χ3v) is 3.02. The van der Waals surface area contributed by atoms with Gasteiger partial charge in [-0.25, -0.2) is 4.39 Å². The predicted octanol–water partition coefficient (Wildman–Crippen LogP) is 3.78. The Kier molecular flexibility index (Phi) is 3.38. The van der Waals surface area contributed by atoms with Crippen LogP contribution in [0.5, 0.6) is 11.5 Å². The molecule has 7 heteroatoms. The molecule has 2 aromatic heterocycles. The zero-order valence-electron chi connectivity index (χ0n) is 11.5. The van der Waals surface area contributed by atoms with E-state index >= 15 is 0 Å². The maximum Gasteiger partial charge on any atom is 0.272 e. The molecule has 0 saturated carbocycles. The van der Waals surface area contributed by atoms with Gasteiger partial charge in [0, 0.05) is 24.5 Å². The van der Waals surface area contributed by atoms with Crippen LogP contribution in [0.15, 0.2) is 42.7 Å². The molecule has 22 heavy (non-hydrogen) atoms. The van der Waals surface area contributed by atoms with Crippen LogP contribution >= 0.6 is 0 Å². The molecule has 0 saturated heterocycles. The summed E-state index contributed by atoms with van der Waals surface area (Å²) in [4.78, 5) is 18.4. The van der Waals surface area contributed by atoms with Crippen LogP contribution in [0.2, 0.25) is 0 Å². The number of aromatic nitrogens is 2. The summed E-state index contributed by atoms with van der Waals surface area (Å²) in [6.07, 6.45) is 3.19. The monoisotopic (exact) mass is 299 g/mol. The molecular formula is C15H10FN3O3. The number of fused-ring (bicyclic) bond motifs is 1. The molecule has 2 heterocycles. The second kappa shape index (κ2) is 5.36. The Hall–Kier alpha value is -3.09. The molecule has 0 aliphatic rings. The van der Waals surface area contributed by atoms with Gasteiger partial charge in [0.05, 0.1) is 16.5 Å². The summed E-state index contributed by atoms with van der Waals surface area (Å²) in [6.45, 7) is 1.89. The second-order valence-electron chi connectivity index (χ2n) is 4.66. The molecule has 0 atom stereocenters. The highest BCUT2D eigenvalue weighted by Crippen LogP contribution is 2.30. The molecule has 0 bridgehead atoms. The topological polar surface area (TPSA) is 78.2 Å². The number of halogens is 1. The average molecular weight is 299 g/mol. The molecule has 110 valence electrons. The first-order valence-corrected chi connectivity index (χ1v) is 6.38. The van der Waals surface area contributed by atoms with E-state index in [4.69, 9.17) is 4.74 Å². The van der Waals surface area contributed by atoms with E-state index in [0.717, 1.165) is 11.6 Å². The molecule has 3 rings (SSSR count). The van der Waals surface area contributed by atoms with Gasteiger partial charge in [0.15, 0.2) is 17.3 Å². The number of hydrogen-bond acceptors (Lipinski definition) is 5.